The van der Waals surface area contributed by atoms with E-state index in [1.165, 1.54) is 32.4 Å². The molecule has 0 aliphatic rings. The highest BCUT2D eigenvalue weighted by atomic mass is 32.2. The maximum absolute atomic E-state index is 12.5. The minimum absolute atomic E-state index is 0.0363. The average molecular weight is 336 g/mol. The Labute approximate surface area is 134 Å². The molecule has 8 heteroatoms. The Kier molecular flexibility index (Phi) is 4.52. The van der Waals surface area contributed by atoms with Crippen LogP contribution in [0.4, 0.5) is 5.88 Å². The van der Waals surface area contributed by atoms with Crippen LogP contribution in [0, 0.1) is 25.2 Å². The lowest BCUT2D eigenvalue weighted by Gasteiger charge is -2.10. The van der Waals surface area contributed by atoms with Crippen molar-refractivity contribution in [2.75, 3.05) is 18.9 Å². The van der Waals surface area contributed by atoms with E-state index in [0.29, 0.717) is 17.1 Å². The second-order valence-electron chi connectivity index (χ2n) is 4.72. The summed E-state index contributed by atoms with van der Waals surface area (Å²) in [5, 5.41) is 9.15. The van der Waals surface area contributed by atoms with Crippen molar-refractivity contribution in [2.45, 2.75) is 18.7 Å². The quantitative estimate of drug-likeness (QED) is 0.900. The molecule has 0 atom stereocenters. The fourth-order valence-corrected chi connectivity index (χ4v) is 3.01. The minimum atomic E-state index is -3.94. The molecule has 2 aromatic rings. The smallest absolute Gasteiger partial charge is 0.264 e. The molecule has 1 aromatic heterocycles. The van der Waals surface area contributed by atoms with Gasteiger partial charge in [0.15, 0.2) is 11.5 Å². The highest BCUT2D eigenvalue weighted by Crippen LogP contribution is 2.32. The van der Waals surface area contributed by atoms with E-state index in [1.54, 1.807) is 13.8 Å². The Morgan fingerprint density at radius 3 is 2.39 bits per heavy atom. The van der Waals surface area contributed by atoms with Gasteiger partial charge >= 0.3 is 0 Å². The number of hydrogen-bond acceptors (Lipinski definition) is 6. The van der Waals surface area contributed by atoms with Gasteiger partial charge in [0, 0.05) is 11.6 Å². The first-order valence-electron chi connectivity index (χ1n) is 6.59. The molecule has 0 saturated carbocycles. The predicted molar refractivity (Wildman–Crippen MR) is 83.3 cm³/mol. The molecule has 0 unspecified atom stereocenters. The van der Waals surface area contributed by atoms with E-state index < -0.39 is 10.0 Å². The molecular weight excluding hydrogens is 320 g/mol. The summed E-state index contributed by atoms with van der Waals surface area (Å²) in [4.78, 5) is -0.0363. The van der Waals surface area contributed by atoms with Gasteiger partial charge in [-0.25, -0.2) is 13.1 Å². The molecule has 0 amide bonds. The summed E-state index contributed by atoms with van der Waals surface area (Å²) in [6.07, 6.45) is 0. The molecule has 1 aromatic carbocycles. The zero-order valence-electron chi connectivity index (χ0n) is 13.1. The monoisotopic (exact) mass is 336 g/mol. The number of hydrogen-bond donors (Lipinski definition) is 1. The number of nitrogens with zero attached hydrogens (tertiary/aromatic N) is 1. The normalized spacial score (nSPS) is 10.9. The van der Waals surface area contributed by atoms with E-state index >= 15 is 0 Å². The summed E-state index contributed by atoms with van der Waals surface area (Å²) >= 11 is 0. The van der Waals surface area contributed by atoms with Crippen LogP contribution in [-0.4, -0.2) is 22.6 Å². The maximum Gasteiger partial charge on any atom is 0.264 e. The molecule has 7 nitrogen and oxygen atoms in total. The number of aryl methyl sites for hydroxylation is 1. The molecule has 0 bridgehead atoms. The standard InChI is InChI=1S/C15H16N2O5S/c1-9-10(2)22-15(12(9)8-16)17-23(18,19)11-5-6-13(20-3)14(7-11)21-4/h5-7,17H,1-4H3. The summed E-state index contributed by atoms with van der Waals surface area (Å²) in [6, 6.07) is 6.12. The van der Waals surface area contributed by atoms with Crippen molar-refractivity contribution in [3.8, 4) is 17.6 Å². The van der Waals surface area contributed by atoms with Gasteiger partial charge in [-0.05, 0) is 26.0 Å². The van der Waals surface area contributed by atoms with Crippen LogP contribution in [0.25, 0.3) is 0 Å². The van der Waals surface area contributed by atoms with Gasteiger partial charge < -0.3 is 13.9 Å². The van der Waals surface area contributed by atoms with Crippen LogP contribution in [0.5, 0.6) is 11.5 Å². The van der Waals surface area contributed by atoms with Crippen LogP contribution >= 0.6 is 0 Å². The van der Waals surface area contributed by atoms with Crippen LogP contribution in [-0.2, 0) is 10.0 Å². The summed E-state index contributed by atoms with van der Waals surface area (Å²) < 4.78 is 42.8. The third kappa shape index (κ3) is 3.10. The van der Waals surface area contributed by atoms with Crippen molar-refractivity contribution >= 4 is 15.9 Å². The van der Waals surface area contributed by atoms with Crippen LogP contribution < -0.4 is 14.2 Å². The van der Waals surface area contributed by atoms with Crippen LogP contribution in [0.15, 0.2) is 27.5 Å². The summed E-state index contributed by atoms with van der Waals surface area (Å²) in [5.41, 5.74) is 0.754. The number of rotatable bonds is 5. The van der Waals surface area contributed by atoms with Crippen molar-refractivity contribution in [3.05, 3.63) is 35.1 Å². The van der Waals surface area contributed by atoms with E-state index in [0.717, 1.165) is 0 Å². The second-order valence-corrected chi connectivity index (χ2v) is 6.40. The lowest BCUT2D eigenvalue weighted by molar-refractivity contribution is 0.354. The van der Waals surface area contributed by atoms with Gasteiger partial charge in [-0.15, -0.1) is 0 Å². The van der Waals surface area contributed by atoms with Crippen molar-refractivity contribution in [1.29, 1.82) is 5.26 Å². The number of anilines is 1. The molecule has 0 radical (unpaired) electrons. The van der Waals surface area contributed by atoms with E-state index in [9.17, 15) is 8.42 Å². The molecule has 0 aliphatic carbocycles. The molecule has 1 N–H and O–H groups in total. The van der Waals surface area contributed by atoms with Gasteiger partial charge in [0.1, 0.15) is 17.4 Å². The SMILES string of the molecule is COc1ccc(S(=O)(=O)Nc2oc(C)c(C)c2C#N)cc1OC. The molecule has 2 rings (SSSR count). The van der Waals surface area contributed by atoms with Crippen molar-refractivity contribution in [1.82, 2.24) is 0 Å². The third-order valence-electron chi connectivity index (χ3n) is 3.39. The second kappa shape index (κ2) is 6.22. The molecule has 122 valence electrons. The number of methoxy groups -OCH3 is 2. The fraction of sp³-hybridized carbons (Fsp3) is 0.267. The molecule has 0 spiro atoms. The number of nitrogens with one attached hydrogen (secondary N) is 1. The number of nitriles is 1. The Bertz CT molecular complexity index is 878. The lowest BCUT2D eigenvalue weighted by atomic mass is 10.2. The fourth-order valence-electron chi connectivity index (χ4n) is 2.00. The van der Waals surface area contributed by atoms with Gasteiger partial charge in [-0.1, -0.05) is 0 Å². The molecule has 23 heavy (non-hydrogen) atoms. The van der Waals surface area contributed by atoms with Gasteiger partial charge in [0.2, 0.25) is 5.88 Å². The number of sulfonamides is 1. The number of benzene rings is 1. The molecule has 0 saturated heterocycles. The van der Waals surface area contributed by atoms with E-state index in [-0.39, 0.29) is 22.1 Å². The summed E-state index contributed by atoms with van der Waals surface area (Å²) in [6.45, 7) is 3.34. The first kappa shape index (κ1) is 16.7. The van der Waals surface area contributed by atoms with Gasteiger partial charge in [0.25, 0.3) is 10.0 Å². The maximum atomic E-state index is 12.5. The van der Waals surface area contributed by atoms with E-state index in [1.807, 2.05) is 6.07 Å². The summed E-state index contributed by atoms with van der Waals surface area (Å²) in [7, 11) is -1.07. The number of furan rings is 1. The molecule has 1 heterocycles. The van der Waals surface area contributed by atoms with Crippen LogP contribution in [0.1, 0.15) is 16.9 Å². The van der Waals surface area contributed by atoms with Crippen LogP contribution in [0.3, 0.4) is 0 Å². The first-order valence-corrected chi connectivity index (χ1v) is 8.07. The average Bonchev–Trinajstić information content (AvgIpc) is 2.79. The Morgan fingerprint density at radius 1 is 1.17 bits per heavy atom. The highest BCUT2D eigenvalue weighted by Gasteiger charge is 2.22. The topological polar surface area (TPSA) is 102 Å². The van der Waals surface area contributed by atoms with Crippen LogP contribution in [0.2, 0.25) is 0 Å². The Hall–Kier alpha value is -2.66. The Morgan fingerprint density at radius 2 is 1.83 bits per heavy atom. The van der Waals surface area contributed by atoms with E-state index in [4.69, 9.17) is 19.2 Å². The van der Waals surface area contributed by atoms with E-state index in [2.05, 4.69) is 4.72 Å². The molecule has 0 fully saturated rings. The largest absolute Gasteiger partial charge is 0.493 e. The van der Waals surface area contributed by atoms with Crippen molar-refractivity contribution in [2.24, 2.45) is 0 Å². The molecular formula is C15H16N2O5S. The Balaban J connectivity index is 2.44. The molecule has 0 aliphatic heterocycles. The van der Waals surface area contributed by atoms with Gasteiger partial charge in [-0.3, -0.25) is 0 Å². The number of ether oxygens (including phenoxy) is 2. The third-order valence-corrected chi connectivity index (χ3v) is 4.72. The first-order chi connectivity index (χ1) is 10.8. The van der Waals surface area contributed by atoms with Gasteiger partial charge in [-0.2, -0.15) is 5.26 Å². The minimum Gasteiger partial charge on any atom is -0.493 e. The van der Waals surface area contributed by atoms with Crippen molar-refractivity contribution in [3.63, 3.8) is 0 Å². The van der Waals surface area contributed by atoms with Crippen molar-refractivity contribution < 1.29 is 22.3 Å². The highest BCUT2D eigenvalue weighted by molar-refractivity contribution is 7.92. The predicted octanol–water partition coefficient (Wildman–Crippen LogP) is 2.59. The summed E-state index contributed by atoms with van der Waals surface area (Å²) in [5.74, 6) is 1.07. The zero-order chi connectivity index (χ0) is 17.2. The zero-order valence-corrected chi connectivity index (χ0v) is 13.9. The van der Waals surface area contributed by atoms with Gasteiger partial charge in [0.05, 0.1) is 19.1 Å². The lowest BCUT2D eigenvalue weighted by Crippen LogP contribution is -2.13.